The van der Waals surface area contributed by atoms with Crippen molar-refractivity contribution in [2.45, 2.75) is 283 Å². The average Bonchev–Trinajstić information content (AvgIpc) is 3.37. The van der Waals surface area contributed by atoms with Crippen molar-refractivity contribution in [1.29, 1.82) is 0 Å². The molecular formula is C56H125Cl12NO3Si7. The van der Waals surface area contributed by atoms with Gasteiger partial charge in [0.15, 0.2) is 0 Å². The molecular weight excluding hydrogens is 1360 g/mol. The minimum absolute atomic E-state index is 0.639. The van der Waals surface area contributed by atoms with Gasteiger partial charge in [-0.05, 0) is 103 Å². The van der Waals surface area contributed by atoms with Gasteiger partial charge < -0.3 is 18.2 Å². The Hall–Kier alpha value is 4.06. The van der Waals surface area contributed by atoms with Gasteiger partial charge in [-0.1, -0.05) is 213 Å². The maximum atomic E-state index is 6.21. The number of unbranched alkanes of at least 4 members (excludes halogenated alkanes) is 27. The number of hydrogen-bond donors (Lipinski definition) is 0. The number of allylic oxidation sites excluding steroid dienone is 3. The second-order valence-corrected chi connectivity index (χ2v) is 60.3. The Kier molecular flexibility index (Phi) is 98.2. The molecule has 0 aromatic heterocycles. The first-order chi connectivity index (χ1) is 37.2. The van der Waals surface area contributed by atoms with Crippen LogP contribution in [0, 0.1) is 0 Å². The van der Waals surface area contributed by atoms with Crippen molar-refractivity contribution in [3.63, 3.8) is 0 Å². The Morgan fingerprint density at radius 2 is 0.633 bits per heavy atom. The van der Waals surface area contributed by atoms with Gasteiger partial charge in [0, 0.05) is 27.4 Å². The maximum Gasteiger partial charge on any atom is 0.500 e. The molecule has 79 heavy (non-hydrogen) atoms. The van der Waals surface area contributed by atoms with Crippen molar-refractivity contribution >= 4 is 186 Å². The number of hydrogen-bond acceptors (Lipinski definition) is 4. The van der Waals surface area contributed by atoms with E-state index in [1.54, 1.807) is 21.3 Å². The fraction of sp³-hybridized carbons (Fsp3) is 0.893. The average molecular weight is 1480 g/mol. The van der Waals surface area contributed by atoms with E-state index in [0.717, 1.165) is 65.8 Å². The zero-order chi connectivity index (χ0) is 62.6. The highest BCUT2D eigenvalue weighted by Crippen LogP contribution is 2.29. The molecule has 0 rings (SSSR count). The molecule has 4 nitrogen and oxygen atoms in total. The van der Waals surface area contributed by atoms with Crippen molar-refractivity contribution < 1.29 is 13.3 Å². The summed E-state index contributed by atoms with van der Waals surface area (Å²) in [4.78, 5) is 2.24. The van der Waals surface area contributed by atoms with Gasteiger partial charge >= 0.3 is 20.8 Å². The number of halogens is 12. The van der Waals surface area contributed by atoms with Crippen LogP contribution in [0.15, 0.2) is 38.0 Å². The van der Waals surface area contributed by atoms with Crippen LogP contribution in [0.4, 0.5) is 0 Å². The summed E-state index contributed by atoms with van der Waals surface area (Å²) in [6.45, 7) is 23.7. The standard InChI is InChI=1S/C11H24O3Si.C10H23ClSi.C10H21N.C9H20Cl2Si.C8H17Cl3Si.C8H15Cl3Si.Cl2H2Si.ClH3Si/c1-5-6-7-8-9-10-11-15(12-2,13-3)14-4;1-4-5-6-7-8-9-10-12(2,3)11;1-4-5-6-7-8-9-10-11(2)3;1-3-4-5-6-7-8-9-12(2,10)11;2*1-2-3-4-5-6-7-8-12(9,10)11;1-3-2;1-2/h5H,1,6-11H2,2-4H3;4-10H2,1-3H3;4H,1,5-10H2,2-3H3;3-9H2,1-2H3;2-8H2,1H3;2H,1,3-8H2;3H2;2H3. The van der Waals surface area contributed by atoms with E-state index >= 15 is 0 Å². The van der Waals surface area contributed by atoms with E-state index in [-0.39, 0.29) is 0 Å². The van der Waals surface area contributed by atoms with Crippen molar-refractivity contribution in [2.24, 2.45) is 0 Å². The SMILES string of the molecule is C=CCCCCCCN(C)C.C=CCCCCCC[Si](Cl)(Cl)Cl.C=CCCCCCC[Si](OC)(OC)OC.CCCCCCCC[Si](C)(C)Cl.CCCCCCCC[Si](C)(Cl)Cl.CCCCCCCC[Si](Cl)(Cl)Cl.Cl[SiH2]Cl.[SiH3]Cl. The highest BCUT2D eigenvalue weighted by Gasteiger charge is 2.36. The van der Waals surface area contributed by atoms with Gasteiger partial charge in [0.2, 0.25) is 14.8 Å². The Morgan fingerprint density at radius 3 is 0.873 bits per heavy atom. The highest BCUT2D eigenvalue weighted by molar-refractivity contribution is 7.65. The molecule has 484 valence electrons. The molecule has 0 saturated carbocycles. The molecule has 0 aliphatic rings. The Labute approximate surface area is 560 Å². The summed E-state index contributed by atoms with van der Waals surface area (Å²) in [5, 5.41) is 0. The molecule has 0 fully saturated rings. The smallest absolute Gasteiger partial charge is 0.377 e. The molecule has 0 N–H and O–H groups in total. The van der Waals surface area contributed by atoms with Gasteiger partial charge in [0.25, 0.3) is 0 Å². The fourth-order valence-electron chi connectivity index (χ4n) is 7.23. The molecule has 0 atom stereocenters. The van der Waals surface area contributed by atoms with Crippen molar-refractivity contribution in [1.82, 2.24) is 4.90 Å². The minimum atomic E-state index is -2.33. The molecule has 0 heterocycles. The first kappa shape index (κ1) is 99.3. The third kappa shape index (κ3) is 121. The quantitative estimate of drug-likeness (QED) is 0.0263. The monoisotopic (exact) mass is 1480 g/mol. The topological polar surface area (TPSA) is 30.9 Å². The van der Waals surface area contributed by atoms with Crippen LogP contribution in [0.5, 0.6) is 0 Å². The summed E-state index contributed by atoms with van der Waals surface area (Å²) in [7, 11) is 5.83. The normalized spacial score (nSPS) is 11.2. The lowest BCUT2D eigenvalue weighted by atomic mass is 10.1. The van der Waals surface area contributed by atoms with Crippen molar-refractivity contribution in [2.75, 3.05) is 42.0 Å². The van der Waals surface area contributed by atoms with Gasteiger partial charge in [-0.2, -0.15) is 44.3 Å². The summed E-state index contributed by atoms with van der Waals surface area (Å²) >= 11 is 67.2. The molecule has 0 bridgehead atoms. The summed E-state index contributed by atoms with van der Waals surface area (Å²) in [6, 6.07) is 0.240. The first-order valence-corrected chi connectivity index (χ1v) is 58.7. The van der Waals surface area contributed by atoms with E-state index in [2.05, 4.69) is 72.6 Å². The zero-order valence-electron chi connectivity index (χ0n) is 52.8. The third-order valence-corrected chi connectivity index (χ3v) is 24.4. The van der Waals surface area contributed by atoms with Crippen LogP contribution in [0.3, 0.4) is 0 Å². The molecule has 0 radical (unpaired) electrons. The lowest BCUT2D eigenvalue weighted by Gasteiger charge is -2.24. The zero-order valence-corrected chi connectivity index (χ0v) is 70.3. The van der Waals surface area contributed by atoms with E-state index in [9.17, 15) is 0 Å². The van der Waals surface area contributed by atoms with Crippen LogP contribution in [-0.4, -0.2) is 99.4 Å². The molecule has 0 spiro atoms. The second kappa shape index (κ2) is 78.2. The predicted molar refractivity (Wildman–Crippen MR) is 399 cm³/mol. The number of nitrogens with zero attached hydrogens (tertiary/aromatic N) is 1. The van der Waals surface area contributed by atoms with Crippen molar-refractivity contribution in [3.05, 3.63) is 38.0 Å². The summed E-state index contributed by atoms with van der Waals surface area (Å²) in [6.07, 6.45) is 48.0. The molecule has 0 amide bonds. The van der Waals surface area contributed by atoms with Crippen LogP contribution >= 0.6 is 133 Å². The second-order valence-electron chi connectivity index (χ2n) is 20.7. The lowest BCUT2D eigenvalue weighted by Crippen LogP contribution is -2.42. The molecule has 0 aliphatic carbocycles. The molecule has 0 aromatic rings. The van der Waals surface area contributed by atoms with Crippen LogP contribution < -0.4 is 0 Å². The summed E-state index contributed by atoms with van der Waals surface area (Å²) in [5.41, 5.74) is 0. The number of rotatable bonds is 45. The van der Waals surface area contributed by atoms with E-state index in [1.165, 1.54) is 192 Å². The van der Waals surface area contributed by atoms with E-state index < -0.39 is 43.0 Å². The van der Waals surface area contributed by atoms with Crippen molar-refractivity contribution in [3.8, 4) is 0 Å². The summed E-state index contributed by atoms with van der Waals surface area (Å²) < 4.78 is 16.0. The first-order valence-electron chi connectivity index (χ1n) is 30.0. The Bertz CT molecular complexity index is 1070. The van der Waals surface area contributed by atoms with Crippen LogP contribution in [-0.2, 0) is 13.3 Å². The van der Waals surface area contributed by atoms with Crippen LogP contribution in [0.25, 0.3) is 0 Å². The van der Waals surface area contributed by atoms with Gasteiger partial charge in [-0.3, -0.25) is 0 Å². The molecule has 0 saturated heterocycles. The van der Waals surface area contributed by atoms with E-state index in [0.29, 0.717) is 0 Å². The highest BCUT2D eigenvalue weighted by atomic mass is 35.8. The maximum absolute atomic E-state index is 6.21. The molecule has 23 heteroatoms. The third-order valence-electron chi connectivity index (χ3n) is 11.9. The summed E-state index contributed by atoms with van der Waals surface area (Å²) in [5.74, 6) is 0. The Morgan fingerprint density at radius 1 is 0.392 bits per heavy atom. The largest absolute Gasteiger partial charge is 0.500 e. The minimum Gasteiger partial charge on any atom is -0.377 e. The van der Waals surface area contributed by atoms with Gasteiger partial charge in [0.05, 0.1) is 0 Å². The molecule has 0 unspecified atom stereocenters. The van der Waals surface area contributed by atoms with Gasteiger partial charge in [0.1, 0.15) is 16.9 Å². The van der Waals surface area contributed by atoms with Gasteiger partial charge in [-0.15, -0.1) is 108 Å². The van der Waals surface area contributed by atoms with Crippen LogP contribution in [0.1, 0.15) is 233 Å². The predicted octanol–water partition coefficient (Wildman–Crippen LogP) is 25.1. The lowest BCUT2D eigenvalue weighted by molar-refractivity contribution is 0.122. The van der Waals surface area contributed by atoms with Crippen LogP contribution in [0.2, 0.25) is 49.9 Å². The van der Waals surface area contributed by atoms with E-state index in [1.807, 2.05) is 24.8 Å². The van der Waals surface area contributed by atoms with E-state index in [4.69, 9.17) is 146 Å². The Balaban J connectivity index is -0.000000126. The fourth-order valence-corrected chi connectivity index (χ4v) is 15.9. The molecule has 0 aliphatic heterocycles. The van der Waals surface area contributed by atoms with Gasteiger partial charge in [-0.25, -0.2) is 0 Å². The molecule has 0 aromatic carbocycles.